The number of carbonyl (C=O) groups is 1. The van der Waals surface area contributed by atoms with Crippen LogP contribution in [0.25, 0.3) is 6.08 Å². The summed E-state index contributed by atoms with van der Waals surface area (Å²) in [5.41, 5.74) is 1.94. The van der Waals surface area contributed by atoms with E-state index in [-0.39, 0.29) is 5.91 Å². The predicted molar refractivity (Wildman–Crippen MR) is 91.0 cm³/mol. The van der Waals surface area contributed by atoms with E-state index >= 15 is 0 Å². The molecule has 1 aliphatic heterocycles. The van der Waals surface area contributed by atoms with Gasteiger partial charge in [-0.3, -0.25) is 9.48 Å². The average Bonchev–Trinajstić information content (AvgIpc) is 2.84. The summed E-state index contributed by atoms with van der Waals surface area (Å²) in [5.74, 6) is 0.0194. The Morgan fingerprint density at radius 3 is 3.00 bits per heavy atom. The Morgan fingerprint density at radius 1 is 1.41 bits per heavy atom. The highest BCUT2D eigenvalue weighted by Crippen LogP contribution is 2.37. The van der Waals surface area contributed by atoms with Gasteiger partial charge in [0.05, 0.1) is 11.9 Å². The van der Waals surface area contributed by atoms with Crippen molar-refractivity contribution < 1.29 is 4.79 Å². The number of aromatic nitrogens is 2. The van der Waals surface area contributed by atoms with Gasteiger partial charge in [-0.1, -0.05) is 19.1 Å². The van der Waals surface area contributed by atoms with Crippen LogP contribution in [0.3, 0.4) is 0 Å². The van der Waals surface area contributed by atoms with Gasteiger partial charge in [0.25, 0.3) is 5.91 Å². The van der Waals surface area contributed by atoms with Crippen LogP contribution in [0.1, 0.15) is 18.9 Å². The van der Waals surface area contributed by atoms with Crippen LogP contribution in [0.4, 0.5) is 5.69 Å². The van der Waals surface area contributed by atoms with Crippen molar-refractivity contribution in [2.45, 2.75) is 23.5 Å². The molecule has 0 spiro atoms. The van der Waals surface area contributed by atoms with Gasteiger partial charge in [0.2, 0.25) is 0 Å². The van der Waals surface area contributed by atoms with Crippen molar-refractivity contribution in [3.05, 3.63) is 48.3 Å². The van der Waals surface area contributed by atoms with E-state index in [1.54, 1.807) is 17.0 Å². The standard InChI is InChI=1S/C17H19N3OS/c1-13-9-10-20(15-5-3-4-6-16(15)22-13)17(21)8-7-14-11-18-19(2)12-14/h3-8,11-13H,9-10H2,1-2H3/b8-7-/t13-/m1/s1. The fourth-order valence-electron chi connectivity index (χ4n) is 2.50. The molecule has 0 radical (unpaired) electrons. The van der Waals surface area contributed by atoms with Gasteiger partial charge in [-0.2, -0.15) is 5.10 Å². The zero-order chi connectivity index (χ0) is 15.5. The van der Waals surface area contributed by atoms with Crippen molar-refractivity contribution in [1.82, 2.24) is 9.78 Å². The van der Waals surface area contributed by atoms with Crippen LogP contribution in [0, 0.1) is 0 Å². The van der Waals surface area contributed by atoms with E-state index < -0.39 is 0 Å². The number of amides is 1. The van der Waals surface area contributed by atoms with Crippen molar-refractivity contribution in [1.29, 1.82) is 0 Å². The molecule has 0 unspecified atom stereocenters. The Bertz CT molecular complexity index is 707. The third-order valence-electron chi connectivity index (χ3n) is 3.65. The highest BCUT2D eigenvalue weighted by atomic mass is 32.2. The lowest BCUT2D eigenvalue weighted by Gasteiger charge is -2.20. The molecule has 2 heterocycles. The molecule has 4 nitrogen and oxygen atoms in total. The molecule has 0 fully saturated rings. The summed E-state index contributed by atoms with van der Waals surface area (Å²) in [6, 6.07) is 8.13. The normalized spacial score (nSPS) is 18.3. The maximum Gasteiger partial charge on any atom is 0.251 e. The molecule has 22 heavy (non-hydrogen) atoms. The zero-order valence-electron chi connectivity index (χ0n) is 12.8. The molecule has 2 aromatic rings. The van der Waals surface area contributed by atoms with Gasteiger partial charge in [0.1, 0.15) is 0 Å². The lowest BCUT2D eigenvalue weighted by Crippen LogP contribution is -2.30. The fourth-order valence-corrected chi connectivity index (χ4v) is 3.61. The van der Waals surface area contributed by atoms with E-state index in [1.165, 1.54) is 4.90 Å². The molecule has 0 saturated heterocycles. The molecule has 3 rings (SSSR count). The van der Waals surface area contributed by atoms with E-state index in [0.29, 0.717) is 5.25 Å². The summed E-state index contributed by atoms with van der Waals surface area (Å²) in [7, 11) is 1.86. The lowest BCUT2D eigenvalue weighted by molar-refractivity contribution is -0.114. The molecule has 1 aliphatic rings. The summed E-state index contributed by atoms with van der Waals surface area (Å²) < 4.78 is 1.73. The highest BCUT2D eigenvalue weighted by Gasteiger charge is 2.22. The number of thioether (sulfide) groups is 1. The second-order valence-corrected chi connectivity index (χ2v) is 6.94. The maximum absolute atomic E-state index is 12.6. The summed E-state index contributed by atoms with van der Waals surface area (Å²) >= 11 is 1.84. The number of fused-ring (bicyclic) bond motifs is 1. The quantitative estimate of drug-likeness (QED) is 0.798. The van der Waals surface area contributed by atoms with Crippen LogP contribution in [0.15, 0.2) is 47.6 Å². The molecule has 114 valence electrons. The van der Waals surface area contributed by atoms with Crippen LogP contribution >= 0.6 is 11.8 Å². The summed E-state index contributed by atoms with van der Waals surface area (Å²) in [4.78, 5) is 15.7. The lowest BCUT2D eigenvalue weighted by atomic mass is 10.2. The first kappa shape index (κ1) is 14.9. The van der Waals surface area contributed by atoms with Crippen LogP contribution in [-0.2, 0) is 11.8 Å². The number of benzene rings is 1. The van der Waals surface area contributed by atoms with E-state index in [2.05, 4.69) is 18.1 Å². The number of hydrogen-bond acceptors (Lipinski definition) is 3. The first-order valence-electron chi connectivity index (χ1n) is 7.37. The van der Waals surface area contributed by atoms with E-state index in [0.717, 1.165) is 24.2 Å². The van der Waals surface area contributed by atoms with Gasteiger partial charge in [0, 0.05) is 41.6 Å². The van der Waals surface area contributed by atoms with Crippen LogP contribution in [-0.4, -0.2) is 27.5 Å². The molecule has 1 atom stereocenters. The van der Waals surface area contributed by atoms with Gasteiger partial charge in [-0.15, -0.1) is 11.8 Å². The van der Waals surface area contributed by atoms with E-state index in [4.69, 9.17) is 0 Å². The monoisotopic (exact) mass is 313 g/mol. The average molecular weight is 313 g/mol. The maximum atomic E-state index is 12.6. The van der Waals surface area contributed by atoms with Gasteiger partial charge in [0.15, 0.2) is 0 Å². The van der Waals surface area contributed by atoms with Crippen molar-refractivity contribution in [2.75, 3.05) is 11.4 Å². The van der Waals surface area contributed by atoms with E-state index in [1.807, 2.05) is 54.2 Å². The summed E-state index contributed by atoms with van der Waals surface area (Å²) in [6.07, 6.45) is 8.08. The second kappa shape index (κ2) is 6.40. The first-order chi connectivity index (χ1) is 10.6. The summed E-state index contributed by atoms with van der Waals surface area (Å²) in [5, 5.41) is 4.62. The minimum Gasteiger partial charge on any atom is -0.308 e. The number of aryl methyl sites for hydroxylation is 1. The number of anilines is 1. The molecular weight excluding hydrogens is 294 g/mol. The SMILES string of the molecule is C[C@@H]1CCN(C(=O)/C=C\c2cnn(C)c2)c2ccccc2S1. The third kappa shape index (κ3) is 3.25. The number of hydrogen-bond donors (Lipinski definition) is 0. The third-order valence-corrected chi connectivity index (χ3v) is 4.89. The Balaban J connectivity index is 1.84. The molecule has 0 aliphatic carbocycles. The number of rotatable bonds is 2. The Morgan fingerprint density at radius 2 is 2.23 bits per heavy atom. The largest absolute Gasteiger partial charge is 0.308 e. The smallest absolute Gasteiger partial charge is 0.251 e. The fraction of sp³-hybridized carbons (Fsp3) is 0.294. The van der Waals surface area contributed by atoms with Gasteiger partial charge < -0.3 is 4.90 Å². The Hall–Kier alpha value is -2.01. The molecule has 1 amide bonds. The van der Waals surface area contributed by atoms with E-state index in [9.17, 15) is 4.79 Å². The van der Waals surface area contributed by atoms with Crippen molar-refractivity contribution in [3.8, 4) is 0 Å². The highest BCUT2D eigenvalue weighted by molar-refractivity contribution is 8.00. The van der Waals surface area contributed by atoms with Gasteiger partial charge in [-0.25, -0.2) is 0 Å². The van der Waals surface area contributed by atoms with Crippen LogP contribution in [0.2, 0.25) is 0 Å². The molecule has 0 N–H and O–H groups in total. The molecule has 0 bridgehead atoms. The summed E-state index contributed by atoms with van der Waals surface area (Å²) in [6.45, 7) is 2.96. The van der Waals surface area contributed by atoms with Crippen molar-refractivity contribution in [3.63, 3.8) is 0 Å². The molecule has 1 aromatic heterocycles. The minimum atomic E-state index is 0.0194. The van der Waals surface area contributed by atoms with Gasteiger partial charge >= 0.3 is 0 Å². The molecule has 0 saturated carbocycles. The number of carbonyl (C=O) groups excluding carboxylic acids is 1. The number of para-hydroxylation sites is 1. The predicted octanol–water partition coefficient (Wildman–Crippen LogP) is 3.35. The van der Waals surface area contributed by atoms with Crippen molar-refractivity contribution in [2.24, 2.45) is 7.05 Å². The van der Waals surface area contributed by atoms with Crippen LogP contribution in [0.5, 0.6) is 0 Å². The number of nitrogens with zero attached hydrogens (tertiary/aromatic N) is 3. The van der Waals surface area contributed by atoms with Crippen LogP contribution < -0.4 is 4.90 Å². The topological polar surface area (TPSA) is 38.1 Å². The molecule has 5 heteroatoms. The Kier molecular flexibility index (Phi) is 4.34. The zero-order valence-corrected chi connectivity index (χ0v) is 13.6. The second-order valence-electron chi connectivity index (χ2n) is 5.46. The molecule has 1 aromatic carbocycles. The van der Waals surface area contributed by atoms with Crippen molar-refractivity contribution >= 4 is 29.4 Å². The van der Waals surface area contributed by atoms with Gasteiger partial charge in [-0.05, 0) is 24.6 Å². The minimum absolute atomic E-state index is 0.0194. The molecular formula is C17H19N3OS. The first-order valence-corrected chi connectivity index (χ1v) is 8.25. The Labute approximate surface area is 134 Å².